The SMILES string of the molecule is CC(=O)Nc1ccc(N2CCCC2)c(B(O)O)c1. The van der Waals surface area contributed by atoms with E-state index in [-0.39, 0.29) is 5.91 Å². The molecule has 3 N–H and O–H groups in total. The third kappa shape index (κ3) is 2.83. The third-order valence-corrected chi connectivity index (χ3v) is 3.07. The van der Waals surface area contributed by atoms with Gasteiger partial charge >= 0.3 is 7.12 Å². The van der Waals surface area contributed by atoms with E-state index in [9.17, 15) is 14.8 Å². The molecule has 1 saturated heterocycles. The Balaban J connectivity index is 2.31. The third-order valence-electron chi connectivity index (χ3n) is 3.07. The first-order valence-electron chi connectivity index (χ1n) is 6.10. The van der Waals surface area contributed by atoms with E-state index < -0.39 is 7.12 Å². The van der Waals surface area contributed by atoms with Crippen molar-refractivity contribution < 1.29 is 14.8 Å². The fourth-order valence-electron chi connectivity index (χ4n) is 2.29. The van der Waals surface area contributed by atoms with E-state index in [0.29, 0.717) is 11.2 Å². The van der Waals surface area contributed by atoms with Crippen molar-refractivity contribution in [1.82, 2.24) is 0 Å². The molecule has 18 heavy (non-hydrogen) atoms. The summed E-state index contributed by atoms with van der Waals surface area (Å²) in [5.41, 5.74) is 1.84. The second-order valence-electron chi connectivity index (χ2n) is 4.52. The van der Waals surface area contributed by atoms with Crippen LogP contribution in [0.4, 0.5) is 11.4 Å². The summed E-state index contributed by atoms with van der Waals surface area (Å²) in [6.45, 7) is 3.28. The lowest BCUT2D eigenvalue weighted by Crippen LogP contribution is -2.36. The van der Waals surface area contributed by atoms with Crippen molar-refractivity contribution in [3.63, 3.8) is 0 Å². The number of hydrogen-bond acceptors (Lipinski definition) is 4. The Morgan fingerprint density at radius 1 is 1.33 bits per heavy atom. The molecule has 2 rings (SSSR count). The highest BCUT2D eigenvalue weighted by Gasteiger charge is 2.22. The minimum Gasteiger partial charge on any atom is -0.423 e. The van der Waals surface area contributed by atoms with Crippen LogP contribution in [0.1, 0.15) is 19.8 Å². The minimum atomic E-state index is -1.53. The molecule has 1 aromatic carbocycles. The van der Waals surface area contributed by atoms with Crippen LogP contribution in [-0.4, -0.2) is 36.2 Å². The monoisotopic (exact) mass is 248 g/mol. The molecule has 1 amide bonds. The van der Waals surface area contributed by atoms with Crippen molar-refractivity contribution in [3.8, 4) is 0 Å². The Labute approximate surface area is 107 Å². The first-order chi connectivity index (χ1) is 8.58. The summed E-state index contributed by atoms with van der Waals surface area (Å²) in [4.78, 5) is 13.1. The number of amides is 1. The van der Waals surface area contributed by atoms with Crippen LogP contribution in [0.25, 0.3) is 0 Å². The maximum atomic E-state index is 11.0. The number of hydrogen-bond donors (Lipinski definition) is 3. The molecule has 0 bridgehead atoms. The zero-order chi connectivity index (χ0) is 13.1. The van der Waals surface area contributed by atoms with Gasteiger partial charge in [-0.3, -0.25) is 4.79 Å². The average molecular weight is 248 g/mol. The number of nitrogens with one attached hydrogen (secondary N) is 1. The highest BCUT2D eigenvalue weighted by Crippen LogP contribution is 2.20. The van der Waals surface area contributed by atoms with E-state index in [2.05, 4.69) is 10.2 Å². The van der Waals surface area contributed by atoms with Crippen LogP contribution in [0.2, 0.25) is 0 Å². The molecule has 1 aromatic rings. The highest BCUT2D eigenvalue weighted by atomic mass is 16.4. The van der Waals surface area contributed by atoms with Crippen LogP contribution in [0.15, 0.2) is 18.2 Å². The Kier molecular flexibility index (Phi) is 3.89. The molecule has 0 spiro atoms. The van der Waals surface area contributed by atoms with Crippen LogP contribution >= 0.6 is 0 Å². The van der Waals surface area contributed by atoms with Crippen LogP contribution < -0.4 is 15.7 Å². The van der Waals surface area contributed by atoms with Gasteiger partial charge < -0.3 is 20.3 Å². The van der Waals surface area contributed by atoms with Gasteiger partial charge in [-0.15, -0.1) is 0 Å². The normalized spacial score (nSPS) is 14.7. The molecular formula is C12H17BN2O3. The summed E-state index contributed by atoms with van der Waals surface area (Å²) >= 11 is 0. The van der Waals surface area contributed by atoms with Crippen molar-refractivity contribution in [2.24, 2.45) is 0 Å². The summed E-state index contributed by atoms with van der Waals surface area (Å²) in [6.07, 6.45) is 2.24. The van der Waals surface area contributed by atoms with Crippen LogP contribution in [0, 0.1) is 0 Å². The van der Waals surface area contributed by atoms with Gasteiger partial charge in [-0.25, -0.2) is 0 Å². The lowest BCUT2D eigenvalue weighted by Gasteiger charge is -2.22. The van der Waals surface area contributed by atoms with E-state index in [1.165, 1.54) is 6.92 Å². The molecule has 1 heterocycles. The molecule has 5 nitrogen and oxygen atoms in total. The van der Waals surface area contributed by atoms with Gasteiger partial charge in [-0.1, -0.05) is 0 Å². The van der Waals surface area contributed by atoms with Crippen molar-refractivity contribution in [1.29, 1.82) is 0 Å². The van der Waals surface area contributed by atoms with Crippen molar-refractivity contribution in [3.05, 3.63) is 18.2 Å². The van der Waals surface area contributed by atoms with Crippen molar-refractivity contribution in [2.75, 3.05) is 23.3 Å². The van der Waals surface area contributed by atoms with E-state index in [1.807, 2.05) is 6.07 Å². The Morgan fingerprint density at radius 3 is 2.56 bits per heavy atom. The topological polar surface area (TPSA) is 72.8 Å². The van der Waals surface area contributed by atoms with Gasteiger partial charge in [-0.2, -0.15) is 0 Å². The minimum absolute atomic E-state index is 0.178. The fourth-order valence-corrected chi connectivity index (χ4v) is 2.29. The summed E-state index contributed by atoms with van der Waals surface area (Å²) in [6, 6.07) is 5.21. The maximum Gasteiger partial charge on any atom is 0.490 e. The number of rotatable bonds is 3. The number of benzene rings is 1. The van der Waals surface area contributed by atoms with Gasteiger partial charge in [0.15, 0.2) is 0 Å². The molecule has 0 atom stereocenters. The second-order valence-corrected chi connectivity index (χ2v) is 4.52. The van der Waals surface area contributed by atoms with Gasteiger partial charge in [-0.05, 0) is 31.0 Å². The molecule has 0 aromatic heterocycles. The van der Waals surface area contributed by atoms with Gasteiger partial charge in [0.05, 0.1) is 0 Å². The summed E-state index contributed by atoms with van der Waals surface area (Å²) in [7, 11) is -1.53. The largest absolute Gasteiger partial charge is 0.490 e. The van der Waals surface area contributed by atoms with E-state index >= 15 is 0 Å². The number of carbonyl (C=O) groups is 1. The predicted octanol–water partition coefficient (Wildman–Crippen LogP) is -0.0750. The Bertz CT molecular complexity index is 445. The first-order valence-corrected chi connectivity index (χ1v) is 6.10. The summed E-state index contributed by atoms with van der Waals surface area (Å²) < 4.78 is 0. The van der Waals surface area contributed by atoms with Crippen molar-refractivity contribution in [2.45, 2.75) is 19.8 Å². The second kappa shape index (κ2) is 5.41. The number of anilines is 2. The van der Waals surface area contributed by atoms with Gasteiger partial charge in [0.1, 0.15) is 0 Å². The van der Waals surface area contributed by atoms with Crippen LogP contribution in [-0.2, 0) is 4.79 Å². The van der Waals surface area contributed by atoms with Crippen LogP contribution in [0.3, 0.4) is 0 Å². The molecule has 0 unspecified atom stereocenters. The zero-order valence-corrected chi connectivity index (χ0v) is 10.4. The molecule has 1 aliphatic heterocycles. The molecule has 1 fully saturated rings. The number of nitrogens with zero attached hydrogens (tertiary/aromatic N) is 1. The molecule has 6 heteroatoms. The average Bonchev–Trinajstić information content (AvgIpc) is 2.81. The fraction of sp³-hybridized carbons (Fsp3) is 0.417. The Hall–Kier alpha value is -1.53. The number of carbonyl (C=O) groups excluding carboxylic acids is 1. The smallest absolute Gasteiger partial charge is 0.423 e. The molecule has 0 saturated carbocycles. The molecule has 0 radical (unpaired) electrons. The van der Waals surface area contributed by atoms with E-state index in [4.69, 9.17) is 0 Å². The predicted molar refractivity (Wildman–Crippen MR) is 72.0 cm³/mol. The van der Waals surface area contributed by atoms with Gasteiger partial charge in [0.25, 0.3) is 0 Å². The van der Waals surface area contributed by atoms with Gasteiger partial charge in [0, 0.05) is 36.9 Å². The zero-order valence-electron chi connectivity index (χ0n) is 10.4. The van der Waals surface area contributed by atoms with Crippen molar-refractivity contribution >= 4 is 29.9 Å². The standard InChI is InChI=1S/C12H17BN2O3/c1-9(16)14-10-4-5-12(11(8-10)13(17)18)15-6-2-3-7-15/h4-5,8,17-18H,2-3,6-7H2,1H3,(H,14,16). The Morgan fingerprint density at radius 2 is 2.00 bits per heavy atom. The summed E-state index contributed by atoms with van der Waals surface area (Å²) in [5.74, 6) is -0.178. The first kappa shape index (κ1) is 12.9. The molecule has 96 valence electrons. The van der Waals surface area contributed by atoms with Crippen LogP contribution in [0.5, 0.6) is 0 Å². The lowest BCUT2D eigenvalue weighted by atomic mass is 9.78. The lowest BCUT2D eigenvalue weighted by molar-refractivity contribution is -0.114. The maximum absolute atomic E-state index is 11.0. The van der Waals surface area contributed by atoms with E-state index in [0.717, 1.165) is 31.6 Å². The molecule has 1 aliphatic rings. The van der Waals surface area contributed by atoms with E-state index in [1.54, 1.807) is 12.1 Å². The molecular weight excluding hydrogens is 231 g/mol. The molecule has 0 aliphatic carbocycles. The van der Waals surface area contributed by atoms with Gasteiger partial charge in [0.2, 0.25) is 5.91 Å². The highest BCUT2D eigenvalue weighted by molar-refractivity contribution is 6.60. The summed E-state index contributed by atoms with van der Waals surface area (Å²) in [5, 5.41) is 21.5. The quantitative estimate of drug-likeness (QED) is 0.654.